The number of rotatable bonds is 13. The molecule has 0 aliphatic carbocycles. The third kappa shape index (κ3) is 6.56. The second kappa shape index (κ2) is 11.1. The molecule has 2 heterocycles. The van der Waals surface area contributed by atoms with Gasteiger partial charge in [-0.3, -0.25) is 0 Å². The number of aromatic nitrogens is 2. The quantitative estimate of drug-likeness (QED) is 0.407. The molecule has 0 bridgehead atoms. The van der Waals surface area contributed by atoms with Crippen molar-refractivity contribution < 1.29 is 14.5 Å². The van der Waals surface area contributed by atoms with E-state index in [-0.39, 0.29) is 11.5 Å². The largest absolute Gasteiger partial charge is 0.351 e. The number of aryl methyl sites for hydroxylation is 1. The van der Waals surface area contributed by atoms with Gasteiger partial charge in [0.1, 0.15) is 5.60 Å². The molecule has 0 unspecified atom stereocenters. The molecule has 0 saturated carbocycles. The molecule has 6 nitrogen and oxygen atoms in total. The lowest BCUT2D eigenvalue weighted by Gasteiger charge is -2.48. The van der Waals surface area contributed by atoms with Crippen molar-refractivity contribution in [2.45, 2.75) is 90.1 Å². The monoisotopic (exact) mass is 381 g/mol. The highest BCUT2D eigenvalue weighted by Crippen LogP contribution is 2.43. The molecule has 2 rings (SSSR count). The summed E-state index contributed by atoms with van der Waals surface area (Å²) >= 11 is 0. The molecule has 1 aromatic heterocycles. The predicted octanol–water partition coefficient (Wildman–Crippen LogP) is 4.31. The topological polar surface area (TPSA) is 57.5 Å². The zero-order chi connectivity index (χ0) is 19.6. The third-order valence-corrected chi connectivity index (χ3v) is 5.84. The van der Waals surface area contributed by atoms with Gasteiger partial charge in [0, 0.05) is 38.5 Å². The van der Waals surface area contributed by atoms with Crippen molar-refractivity contribution in [1.82, 2.24) is 14.9 Å². The average molecular weight is 382 g/mol. The van der Waals surface area contributed by atoms with Crippen molar-refractivity contribution in [2.24, 2.45) is 5.92 Å². The zero-order valence-electron chi connectivity index (χ0n) is 17.7. The van der Waals surface area contributed by atoms with E-state index >= 15 is 0 Å². The van der Waals surface area contributed by atoms with Gasteiger partial charge in [0.2, 0.25) is 5.79 Å². The predicted molar refractivity (Wildman–Crippen MR) is 107 cm³/mol. The third-order valence-electron chi connectivity index (χ3n) is 5.84. The zero-order valence-corrected chi connectivity index (χ0v) is 17.7. The molecule has 1 N–H and O–H groups in total. The summed E-state index contributed by atoms with van der Waals surface area (Å²) in [5.74, 6) is -0.433. The molecule has 2 atom stereocenters. The first-order chi connectivity index (χ1) is 13.1. The standard InChI is InChI=1S/C21H39N3O3/c1-5-7-10-21(11-8-6-2)16-19(20(3,25-4)26-27-21)17-22-12-9-14-24-15-13-23-18-24/h13,15,18-19,22H,5-12,14,16-17H2,1-4H3/t19-,20-/m0/s1. The first-order valence-corrected chi connectivity index (χ1v) is 10.7. The van der Waals surface area contributed by atoms with Crippen LogP contribution in [0.2, 0.25) is 0 Å². The molecule has 1 aliphatic heterocycles. The Kier molecular flexibility index (Phi) is 9.22. The molecule has 6 heteroatoms. The molecular formula is C21H39N3O3. The highest BCUT2D eigenvalue weighted by Gasteiger charge is 2.49. The van der Waals surface area contributed by atoms with E-state index in [2.05, 4.69) is 28.7 Å². The Labute approximate surface area is 164 Å². The van der Waals surface area contributed by atoms with Crippen molar-refractivity contribution in [2.75, 3.05) is 20.2 Å². The molecular weight excluding hydrogens is 342 g/mol. The summed E-state index contributed by atoms with van der Waals surface area (Å²) in [6.07, 6.45) is 14.5. The van der Waals surface area contributed by atoms with Gasteiger partial charge in [0.05, 0.1) is 6.33 Å². The van der Waals surface area contributed by atoms with E-state index in [4.69, 9.17) is 14.5 Å². The van der Waals surface area contributed by atoms with Crippen LogP contribution in [0.1, 0.15) is 72.1 Å². The Morgan fingerprint density at radius 1 is 1.19 bits per heavy atom. The van der Waals surface area contributed by atoms with E-state index in [0.29, 0.717) is 0 Å². The van der Waals surface area contributed by atoms with Gasteiger partial charge in [0.15, 0.2) is 0 Å². The fourth-order valence-electron chi connectivity index (χ4n) is 3.86. The van der Waals surface area contributed by atoms with Crippen LogP contribution in [0.4, 0.5) is 0 Å². The van der Waals surface area contributed by atoms with E-state index in [9.17, 15) is 0 Å². The van der Waals surface area contributed by atoms with E-state index in [1.807, 2.05) is 25.6 Å². The number of methoxy groups -OCH3 is 1. The maximum Gasteiger partial charge on any atom is 0.202 e. The van der Waals surface area contributed by atoms with Gasteiger partial charge in [-0.25, -0.2) is 14.8 Å². The van der Waals surface area contributed by atoms with Crippen LogP contribution in [-0.4, -0.2) is 41.1 Å². The fourth-order valence-corrected chi connectivity index (χ4v) is 3.86. The first kappa shape index (κ1) is 22.3. The SMILES string of the molecule is CCCCC1(CCCC)C[C@@H](CNCCCn2ccnc2)[C@@](C)(OC)OO1. The Hall–Kier alpha value is -0.950. The summed E-state index contributed by atoms with van der Waals surface area (Å²) in [4.78, 5) is 16.0. The molecule has 1 saturated heterocycles. The molecule has 0 aromatic carbocycles. The number of hydrogen-bond acceptors (Lipinski definition) is 5. The summed E-state index contributed by atoms with van der Waals surface area (Å²) in [5, 5.41) is 3.61. The van der Waals surface area contributed by atoms with Gasteiger partial charge < -0.3 is 14.6 Å². The molecule has 1 aromatic rings. The van der Waals surface area contributed by atoms with E-state index in [0.717, 1.165) is 45.3 Å². The maximum absolute atomic E-state index is 6.02. The van der Waals surface area contributed by atoms with E-state index < -0.39 is 5.79 Å². The van der Waals surface area contributed by atoms with Gasteiger partial charge in [-0.05, 0) is 39.2 Å². The lowest BCUT2D eigenvalue weighted by Crippen LogP contribution is -2.55. The molecule has 1 fully saturated rings. The summed E-state index contributed by atoms with van der Waals surface area (Å²) in [6, 6.07) is 0. The molecule has 0 radical (unpaired) electrons. The fraction of sp³-hybridized carbons (Fsp3) is 0.857. The number of nitrogens with one attached hydrogen (secondary N) is 1. The smallest absolute Gasteiger partial charge is 0.202 e. The van der Waals surface area contributed by atoms with Crippen molar-refractivity contribution in [3.05, 3.63) is 18.7 Å². The summed E-state index contributed by atoms with van der Waals surface area (Å²) in [5.41, 5.74) is -0.173. The second-order valence-corrected chi connectivity index (χ2v) is 8.04. The molecule has 156 valence electrons. The number of nitrogens with zero attached hydrogens (tertiary/aromatic N) is 2. The summed E-state index contributed by atoms with van der Waals surface area (Å²) < 4.78 is 7.82. The number of ether oxygens (including phenoxy) is 1. The van der Waals surface area contributed by atoms with Crippen LogP contribution >= 0.6 is 0 Å². The van der Waals surface area contributed by atoms with Crippen molar-refractivity contribution >= 4 is 0 Å². The minimum Gasteiger partial charge on any atom is -0.351 e. The maximum atomic E-state index is 6.02. The van der Waals surface area contributed by atoms with Gasteiger partial charge in [-0.2, -0.15) is 0 Å². The normalized spacial score (nSPS) is 25.0. The van der Waals surface area contributed by atoms with Crippen LogP contribution in [0.3, 0.4) is 0 Å². The van der Waals surface area contributed by atoms with Crippen LogP contribution in [0.5, 0.6) is 0 Å². The van der Waals surface area contributed by atoms with Gasteiger partial charge in [0.25, 0.3) is 0 Å². The van der Waals surface area contributed by atoms with Crippen molar-refractivity contribution in [1.29, 1.82) is 0 Å². The van der Waals surface area contributed by atoms with Crippen LogP contribution in [0.15, 0.2) is 18.7 Å². The molecule has 1 aliphatic rings. The molecule has 0 amide bonds. The Morgan fingerprint density at radius 3 is 2.52 bits per heavy atom. The molecule has 0 spiro atoms. The summed E-state index contributed by atoms with van der Waals surface area (Å²) in [7, 11) is 1.71. The first-order valence-electron chi connectivity index (χ1n) is 10.7. The number of hydrogen-bond donors (Lipinski definition) is 1. The molecule has 27 heavy (non-hydrogen) atoms. The van der Waals surface area contributed by atoms with Gasteiger partial charge in [-0.15, -0.1) is 0 Å². The summed E-state index contributed by atoms with van der Waals surface area (Å²) in [6.45, 7) is 9.28. The van der Waals surface area contributed by atoms with Gasteiger partial charge in [-0.1, -0.05) is 39.5 Å². The Bertz CT molecular complexity index is 501. The average Bonchev–Trinajstić information content (AvgIpc) is 3.20. The van der Waals surface area contributed by atoms with Crippen LogP contribution in [-0.2, 0) is 21.1 Å². The van der Waals surface area contributed by atoms with Crippen molar-refractivity contribution in [3.63, 3.8) is 0 Å². The Balaban J connectivity index is 1.89. The number of unbranched alkanes of at least 4 members (excludes halogenated alkanes) is 2. The van der Waals surface area contributed by atoms with Crippen LogP contribution < -0.4 is 5.32 Å². The van der Waals surface area contributed by atoms with Crippen LogP contribution in [0, 0.1) is 5.92 Å². The van der Waals surface area contributed by atoms with Gasteiger partial charge >= 0.3 is 0 Å². The van der Waals surface area contributed by atoms with Crippen molar-refractivity contribution in [3.8, 4) is 0 Å². The van der Waals surface area contributed by atoms with E-state index in [1.54, 1.807) is 7.11 Å². The lowest BCUT2D eigenvalue weighted by molar-refractivity contribution is -0.500. The minimum atomic E-state index is -0.695. The highest BCUT2D eigenvalue weighted by atomic mass is 17.2. The Morgan fingerprint density at radius 2 is 1.93 bits per heavy atom. The second-order valence-electron chi connectivity index (χ2n) is 8.04. The van der Waals surface area contributed by atoms with Crippen LogP contribution in [0.25, 0.3) is 0 Å². The lowest BCUT2D eigenvalue weighted by atomic mass is 9.79. The van der Waals surface area contributed by atoms with E-state index in [1.165, 1.54) is 25.7 Å². The highest BCUT2D eigenvalue weighted by molar-refractivity contribution is 4.91. The number of imidazole rings is 1. The minimum absolute atomic E-state index is 0.173.